The number of aromatic nitrogens is 3. The number of amides is 1. The number of hydrogen-bond donors (Lipinski definition) is 0. The SMILES string of the molecule is CC1c2ccncc2CCN1C(=O)c1cc2ccc(Cl)cn2n1. The van der Waals surface area contributed by atoms with Crippen molar-refractivity contribution in [3.63, 3.8) is 0 Å². The first-order valence-corrected chi connectivity index (χ1v) is 7.90. The van der Waals surface area contributed by atoms with Crippen LogP contribution in [0, 0.1) is 0 Å². The quantitative estimate of drug-likeness (QED) is 0.690. The molecule has 3 aromatic heterocycles. The van der Waals surface area contributed by atoms with Crippen LogP contribution in [-0.2, 0) is 6.42 Å². The van der Waals surface area contributed by atoms with Crippen LogP contribution in [0.15, 0.2) is 42.9 Å². The summed E-state index contributed by atoms with van der Waals surface area (Å²) in [6.07, 6.45) is 6.18. The van der Waals surface area contributed by atoms with Crippen molar-refractivity contribution in [2.75, 3.05) is 6.54 Å². The Morgan fingerprint density at radius 2 is 2.22 bits per heavy atom. The van der Waals surface area contributed by atoms with Gasteiger partial charge in [0.2, 0.25) is 0 Å². The maximum Gasteiger partial charge on any atom is 0.274 e. The molecule has 4 heterocycles. The normalized spacial score (nSPS) is 17.3. The third-order valence-corrected chi connectivity index (χ3v) is 4.61. The molecule has 5 nitrogen and oxygen atoms in total. The Hall–Kier alpha value is -2.40. The van der Waals surface area contributed by atoms with E-state index >= 15 is 0 Å². The fourth-order valence-corrected chi connectivity index (χ4v) is 3.30. The van der Waals surface area contributed by atoms with Gasteiger partial charge in [0.15, 0.2) is 5.69 Å². The summed E-state index contributed by atoms with van der Waals surface area (Å²) in [5.74, 6) is -0.0558. The van der Waals surface area contributed by atoms with Gasteiger partial charge in [0.1, 0.15) is 0 Å². The monoisotopic (exact) mass is 326 g/mol. The fourth-order valence-electron chi connectivity index (χ4n) is 3.15. The van der Waals surface area contributed by atoms with Crippen LogP contribution < -0.4 is 0 Å². The molecule has 0 spiro atoms. The van der Waals surface area contributed by atoms with Gasteiger partial charge in [0, 0.05) is 25.1 Å². The zero-order valence-corrected chi connectivity index (χ0v) is 13.4. The highest BCUT2D eigenvalue weighted by Crippen LogP contribution is 2.29. The number of nitrogens with zero attached hydrogens (tertiary/aromatic N) is 4. The van der Waals surface area contributed by atoms with E-state index in [1.165, 1.54) is 5.56 Å². The van der Waals surface area contributed by atoms with E-state index < -0.39 is 0 Å². The van der Waals surface area contributed by atoms with E-state index in [2.05, 4.69) is 10.1 Å². The second kappa shape index (κ2) is 5.35. The molecule has 6 heteroatoms. The zero-order valence-electron chi connectivity index (χ0n) is 12.6. The van der Waals surface area contributed by atoms with Crippen LogP contribution in [0.4, 0.5) is 0 Å². The molecule has 3 aromatic rings. The minimum absolute atomic E-state index is 0.0163. The number of hydrogen-bond acceptors (Lipinski definition) is 3. The highest BCUT2D eigenvalue weighted by atomic mass is 35.5. The van der Waals surface area contributed by atoms with Crippen molar-refractivity contribution in [3.8, 4) is 0 Å². The van der Waals surface area contributed by atoms with Crippen molar-refractivity contribution in [1.29, 1.82) is 0 Å². The van der Waals surface area contributed by atoms with Crippen LogP contribution in [0.1, 0.15) is 34.6 Å². The van der Waals surface area contributed by atoms with Gasteiger partial charge in [0.05, 0.1) is 16.6 Å². The first-order valence-electron chi connectivity index (χ1n) is 7.52. The molecular formula is C17H15ClN4O. The third kappa shape index (κ3) is 2.37. The lowest BCUT2D eigenvalue weighted by Gasteiger charge is -2.34. The summed E-state index contributed by atoms with van der Waals surface area (Å²) in [6, 6.07) is 7.45. The predicted molar refractivity (Wildman–Crippen MR) is 87.6 cm³/mol. The molecule has 1 amide bonds. The van der Waals surface area contributed by atoms with Gasteiger partial charge in [-0.05, 0) is 48.7 Å². The third-order valence-electron chi connectivity index (χ3n) is 4.38. The minimum atomic E-state index is -0.0558. The van der Waals surface area contributed by atoms with Gasteiger partial charge in [-0.2, -0.15) is 5.10 Å². The van der Waals surface area contributed by atoms with Crippen LogP contribution >= 0.6 is 11.6 Å². The lowest BCUT2D eigenvalue weighted by Crippen LogP contribution is -2.39. The molecule has 1 aliphatic rings. The summed E-state index contributed by atoms with van der Waals surface area (Å²) in [4.78, 5) is 18.9. The topological polar surface area (TPSA) is 50.5 Å². The summed E-state index contributed by atoms with van der Waals surface area (Å²) in [5.41, 5.74) is 3.67. The van der Waals surface area contributed by atoms with Crippen LogP contribution in [0.25, 0.3) is 5.52 Å². The fraction of sp³-hybridized carbons (Fsp3) is 0.235. The van der Waals surface area contributed by atoms with Crippen molar-refractivity contribution in [2.24, 2.45) is 0 Å². The number of carbonyl (C=O) groups excluding carboxylic acids is 1. The van der Waals surface area contributed by atoms with E-state index in [1.54, 1.807) is 29.0 Å². The van der Waals surface area contributed by atoms with Gasteiger partial charge in [-0.15, -0.1) is 0 Å². The predicted octanol–water partition coefficient (Wildman–Crippen LogP) is 3.14. The van der Waals surface area contributed by atoms with E-state index in [0.717, 1.165) is 17.5 Å². The van der Waals surface area contributed by atoms with Gasteiger partial charge in [-0.25, -0.2) is 4.52 Å². The van der Waals surface area contributed by atoms with Crippen molar-refractivity contribution in [2.45, 2.75) is 19.4 Å². The summed E-state index contributed by atoms with van der Waals surface area (Å²) >= 11 is 5.97. The Labute approximate surface area is 138 Å². The van der Waals surface area contributed by atoms with Crippen LogP contribution in [0.5, 0.6) is 0 Å². The highest BCUT2D eigenvalue weighted by Gasteiger charge is 2.29. The molecule has 0 aliphatic carbocycles. The summed E-state index contributed by atoms with van der Waals surface area (Å²) in [7, 11) is 0. The molecule has 1 aliphatic heterocycles. The average molecular weight is 327 g/mol. The van der Waals surface area contributed by atoms with Gasteiger partial charge in [-0.1, -0.05) is 11.6 Å². The highest BCUT2D eigenvalue weighted by molar-refractivity contribution is 6.30. The Bertz CT molecular complexity index is 904. The lowest BCUT2D eigenvalue weighted by atomic mass is 9.95. The maximum absolute atomic E-state index is 12.9. The minimum Gasteiger partial charge on any atom is -0.330 e. The molecule has 1 atom stereocenters. The summed E-state index contributed by atoms with van der Waals surface area (Å²) in [5, 5.41) is 4.96. The molecular weight excluding hydrogens is 312 g/mol. The van der Waals surface area contributed by atoms with Gasteiger partial charge in [0.25, 0.3) is 5.91 Å². The van der Waals surface area contributed by atoms with E-state index in [0.29, 0.717) is 17.3 Å². The Morgan fingerprint density at radius 3 is 3.09 bits per heavy atom. The smallest absolute Gasteiger partial charge is 0.274 e. The number of rotatable bonds is 1. The standard InChI is InChI=1S/C17H15ClN4O/c1-11-15-4-6-19-9-12(15)5-7-21(11)17(23)16-8-14-3-2-13(18)10-22(14)20-16/h2-4,6,8-11H,5,7H2,1H3. The maximum atomic E-state index is 12.9. The summed E-state index contributed by atoms with van der Waals surface area (Å²) in [6.45, 7) is 2.72. The number of halogens is 1. The van der Waals surface area contributed by atoms with E-state index in [9.17, 15) is 4.79 Å². The van der Waals surface area contributed by atoms with Gasteiger partial charge in [-0.3, -0.25) is 9.78 Å². The summed E-state index contributed by atoms with van der Waals surface area (Å²) < 4.78 is 1.64. The molecule has 1 unspecified atom stereocenters. The molecule has 0 saturated carbocycles. The van der Waals surface area contributed by atoms with Crippen LogP contribution in [0.2, 0.25) is 5.02 Å². The molecule has 4 rings (SSSR count). The first kappa shape index (κ1) is 14.2. The van der Waals surface area contributed by atoms with Crippen molar-refractivity contribution >= 4 is 23.0 Å². The Balaban J connectivity index is 1.68. The van der Waals surface area contributed by atoms with Crippen LogP contribution in [0.3, 0.4) is 0 Å². The van der Waals surface area contributed by atoms with E-state index in [4.69, 9.17) is 11.6 Å². The van der Waals surface area contributed by atoms with Crippen molar-refractivity contribution in [1.82, 2.24) is 19.5 Å². The molecule has 0 N–H and O–H groups in total. The van der Waals surface area contributed by atoms with E-state index in [-0.39, 0.29) is 11.9 Å². The second-order valence-electron chi connectivity index (χ2n) is 5.75. The Kier molecular flexibility index (Phi) is 3.31. The Morgan fingerprint density at radius 1 is 1.35 bits per heavy atom. The number of fused-ring (bicyclic) bond motifs is 2. The lowest BCUT2D eigenvalue weighted by molar-refractivity contribution is 0.0671. The number of pyridine rings is 2. The molecule has 0 bridgehead atoms. The van der Waals surface area contributed by atoms with Crippen molar-refractivity contribution < 1.29 is 4.79 Å². The first-order chi connectivity index (χ1) is 11.1. The van der Waals surface area contributed by atoms with Crippen molar-refractivity contribution in [3.05, 3.63) is 64.7 Å². The van der Waals surface area contributed by atoms with Crippen LogP contribution in [-0.4, -0.2) is 31.9 Å². The second-order valence-corrected chi connectivity index (χ2v) is 6.18. The van der Waals surface area contributed by atoms with Gasteiger partial charge < -0.3 is 4.90 Å². The molecule has 0 fully saturated rings. The molecule has 0 radical (unpaired) electrons. The zero-order chi connectivity index (χ0) is 16.0. The number of carbonyl (C=O) groups is 1. The van der Waals surface area contributed by atoms with Gasteiger partial charge >= 0.3 is 0 Å². The average Bonchev–Trinajstić information content (AvgIpc) is 2.98. The largest absolute Gasteiger partial charge is 0.330 e. The molecule has 116 valence electrons. The molecule has 0 saturated heterocycles. The molecule has 23 heavy (non-hydrogen) atoms. The molecule has 0 aromatic carbocycles. The van der Waals surface area contributed by atoms with E-state index in [1.807, 2.05) is 30.2 Å².